The lowest BCUT2D eigenvalue weighted by molar-refractivity contribution is 0.293. The zero-order valence-corrected chi connectivity index (χ0v) is 13.5. The minimum atomic E-state index is 0.725. The minimum absolute atomic E-state index is 0.725. The lowest BCUT2D eigenvalue weighted by Crippen LogP contribution is -2.14. The Morgan fingerprint density at radius 3 is 2.87 bits per heavy atom. The van der Waals surface area contributed by atoms with E-state index in [0.29, 0.717) is 0 Å². The van der Waals surface area contributed by atoms with E-state index < -0.39 is 0 Å². The monoisotopic (exact) mass is 309 g/mol. The molecule has 120 valence electrons. The smallest absolute Gasteiger partial charge is 0.217 e. The molecule has 0 fully saturated rings. The number of hydrogen-bond acceptors (Lipinski definition) is 3. The van der Waals surface area contributed by atoms with E-state index in [1.54, 1.807) is 6.20 Å². The van der Waals surface area contributed by atoms with Crippen LogP contribution in [0.1, 0.15) is 30.9 Å². The van der Waals surface area contributed by atoms with E-state index in [4.69, 9.17) is 4.74 Å². The van der Waals surface area contributed by atoms with E-state index in [1.807, 2.05) is 12.3 Å². The highest BCUT2D eigenvalue weighted by Gasteiger charge is 2.05. The van der Waals surface area contributed by atoms with Gasteiger partial charge in [-0.25, -0.2) is 4.98 Å². The highest BCUT2D eigenvalue weighted by Crippen LogP contribution is 2.18. The van der Waals surface area contributed by atoms with Crippen molar-refractivity contribution >= 4 is 10.9 Å². The SMILES string of the molecule is CCCCOc1ncccc1CNCc1cccc2[nH]ccc12. The molecule has 0 atom stereocenters. The van der Waals surface area contributed by atoms with Gasteiger partial charge in [-0.05, 0) is 30.2 Å². The molecule has 2 aromatic heterocycles. The number of unbranched alkanes of at least 4 members (excludes halogenated alkanes) is 1. The topological polar surface area (TPSA) is 49.9 Å². The van der Waals surface area contributed by atoms with Gasteiger partial charge in [-0.2, -0.15) is 0 Å². The maximum Gasteiger partial charge on any atom is 0.217 e. The largest absolute Gasteiger partial charge is 0.477 e. The Morgan fingerprint density at radius 1 is 1.09 bits per heavy atom. The van der Waals surface area contributed by atoms with Gasteiger partial charge in [-0.15, -0.1) is 0 Å². The van der Waals surface area contributed by atoms with Crippen LogP contribution in [0, 0.1) is 0 Å². The molecule has 0 aliphatic carbocycles. The number of ether oxygens (including phenoxy) is 1. The Hall–Kier alpha value is -2.33. The summed E-state index contributed by atoms with van der Waals surface area (Å²) in [4.78, 5) is 7.60. The second kappa shape index (κ2) is 7.79. The first-order chi connectivity index (χ1) is 11.4. The maximum absolute atomic E-state index is 5.78. The molecule has 4 nitrogen and oxygen atoms in total. The molecular weight excluding hydrogens is 286 g/mol. The Labute approximate surface area is 136 Å². The van der Waals surface area contributed by atoms with Crippen LogP contribution in [0.25, 0.3) is 10.9 Å². The quantitative estimate of drug-likeness (QED) is 0.618. The second-order valence-corrected chi connectivity index (χ2v) is 5.63. The third-order valence-corrected chi connectivity index (χ3v) is 3.90. The summed E-state index contributed by atoms with van der Waals surface area (Å²) < 4.78 is 5.78. The third kappa shape index (κ3) is 3.90. The van der Waals surface area contributed by atoms with Gasteiger partial charge in [-0.1, -0.05) is 31.5 Å². The molecule has 0 aliphatic heterocycles. The van der Waals surface area contributed by atoms with E-state index in [0.717, 1.165) is 44.0 Å². The zero-order valence-electron chi connectivity index (χ0n) is 13.5. The summed E-state index contributed by atoms with van der Waals surface area (Å²) in [6.45, 7) is 4.45. The molecule has 0 bridgehead atoms. The second-order valence-electron chi connectivity index (χ2n) is 5.63. The molecule has 0 unspecified atom stereocenters. The van der Waals surface area contributed by atoms with Crippen LogP contribution in [0.4, 0.5) is 0 Å². The van der Waals surface area contributed by atoms with Crippen LogP contribution in [0.15, 0.2) is 48.8 Å². The van der Waals surface area contributed by atoms with Crippen LogP contribution in [0.5, 0.6) is 5.88 Å². The summed E-state index contributed by atoms with van der Waals surface area (Å²) in [5.41, 5.74) is 3.57. The summed E-state index contributed by atoms with van der Waals surface area (Å²) in [6.07, 6.45) is 5.94. The Kier molecular flexibility index (Phi) is 5.27. The van der Waals surface area contributed by atoms with Crippen molar-refractivity contribution in [1.29, 1.82) is 0 Å². The highest BCUT2D eigenvalue weighted by atomic mass is 16.5. The van der Waals surface area contributed by atoms with Gasteiger partial charge >= 0.3 is 0 Å². The van der Waals surface area contributed by atoms with Gasteiger partial charge in [0.15, 0.2) is 0 Å². The van der Waals surface area contributed by atoms with Crippen LogP contribution < -0.4 is 10.1 Å². The van der Waals surface area contributed by atoms with Gasteiger partial charge in [0.2, 0.25) is 5.88 Å². The van der Waals surface area contributed by atoms with Gasteiger partial charge in [0.25, 0.3) is 0 Å². The summed E-state index contributed by atoms with van der Waals surface area (Å²) >= 11 is 0. The molecule has 0 radical (unpaired) electrons. The van der Waals surface area contributed by atoms with Crippen LogP contribution in [-0.2, 0) is 13.1 Å². The Balaban J connectivity index is 1.61. The van der Waals surface area contributed by atoms with Crippen molar-refractivity contribution in [3.63, 3.8) is 0 Å². The Bertz CT molecular complexity index is 751. The molecule has 4 heteroatoms. The van der Waals surface area contributed by atoms with Gasteiger partial charge in [0.05, 0.1) is 6.61 Å². The molecule has 0 spiro atoms. The normalized spacial score (nSPS) is 11.0. The molecular formula is C19H23N3O. The van der Waals surface area contributed by atoms with Crippen molar-refractivity contribution in [3.05, 3.63) is 59.9 Å². The molecule has 0 saturated carbocycles. The van der Waals surface area contributed by atoms with Crippen molar-refractivity contribution in [1.82, 2.24) is 15.3 Å². The van der Waals surface area contributed by atoms with Crippen molar-refractivity contribution in [3.8, 4) is 5.88 Å². The number of benzene rings is 1. The van der Waals surface area contributed by atoms with Crippen molar-refractivity contribution in [2.24, 2.45) is 0 Å². The zero-order chi connectivity index (χ0) is 15.9. The van der Waals surface area contributed by atoms with Crippen LogP contribution in [0.2, 0.25) is 0 Å². The van der Waals surface area contributed by atoms with Crippen LogP contribution in [-0.4, -0.2) is 16.6 Å². The molecule has 23 heavy (non-hydrogen) atoms. The van der Waals surface area contributed by atoms with E-state index in [2.05, 4.69) is 52.5 Å². The van der Waals surface area contributed by atoms with Crippen LogP contribution >= 0.6 is 0 Å². The lowest BCUT2D eigenvalue weighted by atomic mass is 10.1. The van der Waals surface area contributed by atoms with Crippen molar-refractivity contribution in [2.75, 3.05) is 6.61 Å². The number of aromatic nitrogens is 2. The number of rotatable bonds is 8. The molecule has 0 saturated heterocycles. The summed E-state index contributed by atoms with van der Waals surface area (Å²) in [5, 5.41) is 4.77. The number of nitrogens with zero attached hydrogens (tertiary/aromatic N) is 1. The van der Waals surface area contributed by atoms with Crippen molar-refractivity contribution < 1.29 is 4.74 Å². The molecule has 3 rings (SSSR count). The number of H-pyrrole nitrogens is 1. The number of pyridine rings is 1. The van der Waals surface area contributed by atoms with Gasteiger partial charge in [0, 0.05) is 41.9 Å². The third-order valence-electron chi connectivity index (χ3n) is 3.90. The molecule has 2 heterocycles. The average Bonchev–Trinajstić information content (AvgIpc) is 3.06. The number of aromatic amines is 1. The number of fused-ring (bicyclic) bond motifs is 1. The van der Waals surface area contributed by atoms with E-state index in [-0.39, 0.29) is 0 Å². The summed E-state index contributed by atoms with van der Waals surface area (Å²) in [7, 11) is 0. The van der Waals surface area contributed by atoms with E-state index in [1.165, 1.54) is 16.5 Å². The van der Waals surface area contributed by atoms with Crippen molar-refractivity contribution in [2.45, 2.75) is 32.9 Å². The van der Waals surface area contributed by atoms with Gasteiger partial charge in [0.1, 0.15) is 0 Å². The summed E-state index contributed by atoms with van der Waals surface area (Å²) in [6, 6.07) is 12.5. The minimum Gasteiger partial charge on any atom is -0.477 e. The highest BCUT2D eigenvalue weighted by molar-refractivity contribution is 5.82. The predicted octanol–water partition coefficient (Wildman–Crippen LogP) is 4.03. The first-order valence-electron chi connectivity index (χ1n) is 8.21. The first-order valence-corrected chi connectivity index (χ1v) is 8.21. The maximum atomic E-state index is 5.78. The molecule has 3 aromatic rings. The van der Waals surface area contributed by atoms with Crippen LogP contribution in [0.3, 0.4) is 0 Å². The molecule has 1 aromatic carbocycles. The Morgan fingerprint density at radius 2 is 1.96 bits per heavy atom. The van der Waals surface area contributed by atoms with Gasteiger partial charge < -0.3 is 15.0 Å². The predicted molar refractivity (Wildman–Crippen MR) is 93.5 cm³/mol. The standard InChI is InChI=1S/C19H23N3O/c1-2-3-12-23-19-16(7-5-10-22-19)14-20-13-15-6-4-8-18-17(15)9-11-21-18/h4-11,20-21H,2-3,12-14H2,1H3. The molecule has 0 aliphatic rings. The fraction of sp³-hybridized carbons (Fsp3) is 0.316. The number of nitrogens with one attached hydrogen (secondary N) is 2. The fourth-order valence-corrected chi connectivity index (χ4v) is 2.64. The van der Waals surface area contributed by atoms with E-state index >= 15 is 0 Å². The van der Waals surface area contributed by atoms with Gasteiger partial charge in [-0.3, -0.25) is 0 Å². The molecule has 0 amide bonds. The molecule has 2 N–H and O–H groups in total. The number of hydrogen-bond donors (Lipinski definition) is 2. The average molecular weight is 309 g/mol. The lowest BCUT2D eigenvalue weighted by Gasteiger charge is -2.11. The summed E-state index contributed by atoms with van der Waals surface area (Å²) in [5.74, 6) is 0.744. The first kappa shape index (κ1) is 15.6. The fourth-order valence-electron chi connectivity index (χ4n) is 2.64. The van der Waals surface area contributed by atoms with E-state index in [9.17, 15) is 0 Å².